The Bertz CT molecular complexity index is 534. The molecule has 2 nitrogen and oxygen atoms in total. The fraction of sp³-hybridized carbons (Fsp3) is 0.700. The fourth-order valence-electron chi connectivity index (χ4n) is 4.12. The minimum atomic E-state index is 0.0258. The minimum absolute atomic E-state index is 0.0258. The number of carbonyl (C=O) groups excluding carboxylic acids is 2. The molecule has 2 heteroatoms. The Balaban J connectivity index is 2.39. The third-order valence-corrected chi connectivity index (χ3v) is 5.71. The summed E-state index contributed by atoms with van der Waals surface area (Å²) in [5.74, 6) is 1.13. The molecule has 2 rings (SSSR count). The lowest BCUT2D eigenvalue weighted by atomic mass is 9.72. The van der Waals surface area contributed by atoms with Crippen LogP contribution < -0.4 is 0 Å². The summed E-state index contributed by atoms with van der Waals surface area (Å²) in [6, 6.07) is 0. The zero-order chi connectivity index (χ0) is 16.5. The molecule has 3 atom stereocenters. The highest BCUT2D eigenvalue weighted by Crippen LogP contribution is 2.51. The normalized spacial score (nSPS) is 34.0. The Morgan fingerprint density at radius 2 is 1.86 bits per heavy atom. The third kappa shape index (κ3) is 3.42. The Kier molecular flexibility index (Phi) is 5.09. The van der Waals surface area contributed by atoms with Gasteiger partial charge in [0.25, 0.3) is 0 Å². The van der Waals surface area contributed by atoms with Gasteiger partial charge in [0, 0.05) is 18.8 Å². The number of hydrogen-bond acceptors (Lipinski definition) is 2. The molecule has 0 aromatic carbocycles. The Morgan fingerprint density at radius 3 is 2.50 bits per heavy atom. The number of carbonyl (C=O) groups is 2. The van der Waals surface area contributed by atoms with Crippen LogP contribution in [0.1, 0.15) is 73.1 Å². The van der Waals surface area contributed by atoms with Crippen LogP contribution in [0.15, 0.2) is 22.8 Å². The van der Waals surface area contributed by atoms with E-state index >= 15 is 0 Å². The summed E-state index contributed by atoms with van der Waals surface area (Å²) in [5.41, 5.74) is 3.53. The second-order valence-corrected chi connectivity index (χ2v) is 7.92. The largest absolute Gasteiger partial charge is 0.299 e. The molecule has 0 aromatic rings. The van der Waals surface area contributed by atoms with Gasteiger partial charge >= 0.3 is 0 Å². The van der Waals surface area contributed by atoms with Crippen LogP contribution in [0, 0.1) is 17.3 Å². The standard InChI is InChI=1S/C20H30O2/c1-13(2)19-16-8-7-15(4)17(21)9-6-14(3)10-11-20(16,5)12-18(19)22/h10,15-16H,6-9,11-12H2,1-5H3/t15-,16-,20-/m1/s1. The van der Waals surface area contributed by atoms with Gasteiger partial charge in [0.15, 0.2) is 5.78 Å². The van der Waals surface area contributed by atoms with Crippen LogP contribution in [-0.2, 0) is 9.59 Å². The van der Waals surface area contributed by atoms with E-state index in [1.165, 1.54) is 5.57 Å². The van der Waals surface area contributed by atoms with Gasteiger partial charge in [-0.05, 0) is 63.4 Å². The van der Waals surface area contributed by atoms with Gasteiger partial charge in [-0.1, -0.05) is 31.1 Å². The number of Topliss-reactive ketones (excluding diaryl/α,β-unsaturated/α-hetero) is 2. The van der Waals surface area contributed by atoms with Gasteiger partial charge < -0.3 is 0 Å². The molecule has 1 fully saturated rings. The summed E-state index contributed by atoms with van der Waals surface area (Å²) in [5, 5.41) is 0. The Hall–Kier alpha value is -1.18. The van der Waals surface area contributed by atoms with Crippen LogP contribution in [0.3, 0.4) is 0 Å². The Morgan fingerprint density at radius 1 is 1.18 bits per heavy atom. The van der Waals surface area contributed by atoms with Gasteiger partial charge in [0.2, 0.25) is 0 Å². The maximum atomic E-state index is 12.5. The molecule has 2 aliphatic rings. The van der Waals surface area contributed by atoms with Crippen molar-refractivity contribution in [1.29, 1.82) is 0 Å². The molecule has 122 valence electrons. The van der Waals surface area contributed by atoms with Gasteiger partial charge in [0.05, 0.1) is 0 Å². The summed E-state index contributed by atoms with van der Waals surface area (Å²) in [6.45, 7) is 10.5. The Labute approximate surface area is 135 Å². The highest BCUT2D eigenvalue weighted by atomic mass is 16.1. The summed E-state index contributed by atoms with van der Waals surface area (Å²) >= 11 is 0. The summed E-state index contributed by atoms with van der Waals surface area (Å²) in [6.07, 6.45) is 7.29. The third-order valence-electron chi connectivity index (χ3n) is 5.71. The van der Waals surface area contributed by atoms with Crippen LogP contribution in [0.2, 0.25) is 0 Å². The number of rotatable bonds is 0. The molecule has 0 unspecified atom stereocenters. The summed E-state index contributed by atoms with van der Waals surface area (Å²) in [7, 11) is 0. The van der Waals surface area contributed by atoms with Gasteiger partial charge in [0.1, 0.15) is 5.78 Å². The van der Waals surface area contributed by atoms with E-state index in [-0.39, 0.29) is 11.3 Å². The number of ketones is 2. The topological polar surface area (TPSA) is 34.1 Å². The van der Waals surface area contributed by atoms with E-state index in [1.807, 2.05) is 0 Å². The molecule has 22 heavy (non-hydrogen) atoms. The molecule has 0 heterocycles. The second-order valence-electron chi connectivity index (χ2n) is 7.92. The zero-order valence-electron chi connectivity index (χ0n) is 14.8. The zero-order valence-corrected chi connectivity index (χ0v) is 14.8. The first kappa shape index (κ1) is 17.2. The van der Waals surface area contributed by atoms with E-state index in [4.69, 9.17) is 0 Å². The molecule has 0 spiro atoms. The van der Waals surface area contributed by atoms with Crippen molar-refractivity contribution in [3.63, 3.8) is 0 Å². The SMILES string of the molecule is CC1=CC[C@]2(C)CC(=O)C(=C(C)C)[C@H]2CC[C@@H](C)C(=O)CC1. The van der Waals surface area contributed by atoms with Crippen LogP contribution in [0.5, 0.6) is 0 Å². The lowest BCUT2D eigenvalue weighted by Crippen LogP contribution is -2.23. The predicted molar refractivity (Wildman–Crippen MR) is 90.6 cm³/mol. The number of hydrogen-bond donors (Lipinski definition) is 0. The average molecular weight is 302 g/mol. The summed E-state index contributed by atoms with van der Waals surface area (Å²) < 4.78 is 0. The molecular formula is C20H30O2. The van der Waals surface area contributed by atoms with E-state index in [1.54, 1.807) is 0 Å². The molecule has 0 N–H and O–H groups in total. The van der Waals surface area contributed by atoms with E-state index in [0.29, 0.717) is 30.3 Å². The van der Waals surface area contributed by atoms with Crippen molar-refractivity contribution >= 4 is 11.6 Å². The van der Waals surface area contributed by atoms with E-state index in [0.717, 1.165) is 36.8 Å². The van der Waals surface area contributed by atoms with Crippen LogP contribution in [0.4, 0.5) is 0 Å². The molecule has 0 bridgehead atoms. The van der Waals surface area contributed by atoms with Crippen molar-refractivity contribution in [1.82, 2.24) is 0 Å². The number of allylic oxidation sites excluding steroid dienone is 4. The quantitative estimate of drug-likeness (QED) is 0.464. The number of fused-ring (bicyclic) bond motifs is 1. The molecule has 0 amide bonds. The van der Waals surface area contributed by atoms with Crippen molar-refractivity contribution in [3.05, 3.63) is 22.8 Å². The first-order chi connectivity index (χ1) is 10.2. The van der Waals surface area contributed by atoms with E-state index in [2.05, 4.69) is 40.7 Å². The van der Waals surface area contributed by atoms with E-state index in [9.17, 15) is 9.59 Å². The van der Waals surface area contributed by atoms with Crippen molar-refractivity contribution in [2.45, 2.75) is 73.1 Å². The van der Waals surface area contributed by atoms with Gasteiger partial charge in [-0.15, -0.1) is 0 Å². The molecule has 2 aliphatic carbocycles. The molecule has 0 aliphatic heterocycles. The van der Waals surface area contributed by atoms with Gasteiger partial charge in [-0.2, -0.15) is 0 Å². The highest BCUT2D eigenvalue weighted by molar-refractivity contribution is 5.99. The van der Waals surface area contributed by atoms with Crippen molar-refractivity contribution in [2.75, 3.05) is 0 Å². The van der Waals surface area contributed by atoms with Crippen molar-refractivity contribution in [3.8, 4) is 0 Å². The average Bonchev–Trinajstić information content (AvgIpc) is 2.69. The lowest BCUT2D eigenvalue weighted by Gasteiger charge is -2.31. The van der Waals surface area contributed by atoms with Crippen LogP contribution >= 0.6 is 0 Å². The highest BCUT2D eigenvalue weighted by Gasteiger charge is 2.46. The molecule has 0 radical (unpaired) electrons. The monoisotopic (exact) mass is 302 g/mol. The smallest absolute Gasteiger partial charge is 0.159 e. The molecular weight excluding hydrogens is 272 g/mol. The van der Waals surface area contributed by atoms with Gasteiger partial charge in [-0.3, -0.25) is 9.59 Å². The predicted octanol–water partition coefficient (Wildman–Crippen LogP) is 5.03. The lowest BCUT2D eigenvalue weighted by molar-refractivity contribution is -0.122. The van der Waals surface area contributed by atoms with Crippen molar-refractivity contribution in [2.24, 2.45) is 17.3 Å². The maximum Gasteiger partial charge on any atom is 0.159 e. The minimum Gasteiger partial charge on any atom is -0.299 e. The fourth-order valence-corrected chi connectivity index (χ4v) is 4.12. The van der Waals surface area contributed by atoms with Gasteiger partial charge in [-0.25, -0.2) is 0 Å². The second kappa shape index (κ2) is 6.52. The van der Waals surface area contributed by atoms with Crippen molar-refractivity contribution < 1.29 is 9.59 Å². The maximum absolute atomic E-state index is 12.5. The first-order valence-corrected chi connectivity index (χ1v) is 8.63. The van der Waals surface area contributed by atoms with Crippen LogP contribution in [-0.4, -0.2) is 11.6 Å². The van der Waals surface area contributed by atoms with E-state index < -0.39 is 0 Å². The molecule has 0 aromatic heterocycles. The molecule has 0 saturated heterocycles. The summed E-state index contributed by atoms with van der Waals surface area (Å²) in [4.78, 5) is 24.8. The van der Waals surface area contributed by atoms with Crippen LogP contribution in [0.25, 0.3) is 0 Å². The first-order valence-electron chi connectivity index (χ1n) is 8.63. The molecule has 1 saturated carbocycles.